The van der Waals surface area contributed by atoms with Crippen LogP contribution in [0.3, 0.4) is 0 Å². The van der Waals surface area contributed by atoms with Gasteiger partial charge in [0, 0.05) is 6.08 Å². The fourth-order valence-electron chi connectivity index (χ4n) is 1.99. The van der Waals surface area contributed by atoms with Crippen molar-refractivity contribution in [3.05, 3.63) is 34.4 Å². The highest BCUT2D eigenvalue weighted by Gasteiger charge is 2.09. The molecule has 0 spiro atoms. The van der Waals surface area contributed by atoms with Gasteiger partial charge in [0.2, 0.25) is 0 Å². The maximum atomic E-state index is 11.5. The number of esters is 1. The van der Waals surface area contributed by atoms with Crippen molar-refractivity contribution >= 4 is 5.97 Å². The lowest BCUT2D eigenvalue weighted by atomic mass is 9.90. The molecule has 0 aromatic rings. The van der Waals surface area contributed by atoms with Crippen LogP contribution in [0.1, 0.15) is 61.3 Å². The van der Waals surface area contributed by atoms with E-state index in [0.29, 0.717) is 12.5 Å². The zero-order chi connectivity index (χ0) is 15.7. The van der Waals surface area contributed by atoms with E-state index in [4.69, 9.17) is 4.74 Å². The van der Waals surface area contributed by atoms with Crippen molar-refractivity contribution in [3.8, 4) is 0 Å². The summed E-state index contributed by atoms with van der Waals surface area (Å²) in [6, 6.07) is 0. The van der Waals surface area contributed by atoms with Gasteiger partial charge in [-0.15, -0.1) is 0 Å². The third kappa shape index (κ3) is 7.32. The van der Waals surface area contributed by atoms with E-state index >= 15 is 0 Å². The molecule has 0 heterocycles. The summed E-state index contributed by atoms with van der Waals surface area (Å²) >= 11 is 0. The first-order valence-corrected chi connectivity index (χ1v) is 7.45. The van der Waals surface area contributed by atoms with Gasteiger partial charge in [-0.2, -0.15) is 0 Å². The summed E-state index contributed by atoms with van der Waals surface area (Å²) < 4.78 is 4.95. The summed E-state index contributed by atoms with van der Waals surface area (Å²) in [7, 11) is 0. The average molecular weight is 278 g/mol. The maximum Gasteiger partial charge on any atom is 0.331 e. The minimum Gasteiger partial charge on any atom is -0.463 e. The molecule has 0 radical (unpaired) electrons. The predicted octanol–water partition coefficient (Wildman–Crippen LogP) is 5.21. The lowest BCUT2D eigenvalue weighted by molar-refractivity contribution is -0.137. The van der Waals surface area contributed by atoms with Crippen LogP contribution in [0, 0.1) is 5.92 Å². The normalized spacial score (nSPS) is 14.4. The lowest BCUT2D eigenvalue weighted by Crippen LogP contribution is -2.03. The zero-order valence-corrected chi connectivity index (χ0v) is 14.2. The molecule has 1 unspecified atom stereocenters. The van der Waals surface area contributed by atoms with E-state index in [1.807, 2.05) is 13.8 Å². The van der Waals surface area contributed by atoms with Crippen LogP contribution < -0.4 is 0 Å². The van der Waals surface area contributed by atoms with Crippen LogP contribution in [0.4, 0.5) is 0 Å². The molecule has 2 heteroatoms. The van der Waals surface area contributed by atoms with E-state index in [1.54, 1.807) is 6.08 Å². The van der Waals surface area contributed by atoms with Crippen molar-refractivity contribution in [2.45, 2.75) is 61.3 Å². The molecule has 0 aliphatic carbocycles. The summed E-state index contributed by atoms with van der Waals surface area (Å²) in [5, 5.41) is 0. The predicted molar refractivity (Wildman–Crippen MR) is 86.6 cm³/mol. The van der Waals surface area contributed by atoms with Gasteiger partial charge in [-0.3, -0.25) is 0 Å². The van der Waals surface area contributed by atoms with Crippen LogP contribution in [0.25, 0.3) is 0 Å². The number of hydrogen-bond acceptors (Lipinski definition) is 2. The topological polar surface area (TPSA) is 26.3 Å². The number of carbonyl (C=O) groups is 1. The van der Waals surface area contributed by atoms with E-state index in [9.17, 15) is 4.79 Å². The Labute approximate surface area is 124 Å². The van der Waals surface area contributed by atoms with Crippen molar-refractivity contribution in [2.24, 2.45) is 5.92 Å². The van der Waals surface area contributed by atoms with Crippen LogP contribution in [0.15, 0.2) is 34.4 Å². The van der Waals surface area contributed by atoms with Gasteiger partial charge in [0.1, 0.15) is 0 Å². The first-order chi connectivity index (χ1) is 9.29. The van der Waals surface area contributed by atoms with E-state index < -0.39 is 0 Å². The molecule has 0 rings (SSSR count). The Morgan fingerprint density at radius 2 is 1.75 bits per heavy atom. The molecule has 20 heavy (non-hydrogen) atoms. The second-order valence-electron chi connectivity index (χ2n) is 5.65. The monoisotopic (exact) mass is 278 g/mol. The second kappa shape index (κ2) is 9.57. The molecule has 2 nitrogen and oxygen atoms in total. The summed E-state index contributed by atoms with van der Waals surface area (Å²) in [5.74, 6) is 0.269. The molecule has 0 aliphatic heterocycles. The van der Waals surface area contributed by atoms with Crippen molar-refractivity contribution in [1.82, 2.24) is 0 Å². The SMILES string of the molecule is CCOC(=O)C=C(C)C(C)=C(C)C(C)CCC=C(C)C. The Bertz CT molecular complexity index is 407. The minimum atomic E-state index is -0.255. The first-order valence-electron chi connectivity index (χ1n) is 7.45. The zero-order valence-electron chi connectivity index (χ0n) is 14.2. The highest BCUT2D eigenvalue weighted by atomic mass is 16.5. The van der Waals surface area contributed by atoms with Crippen LogP contribution in [-0.2, 0) is 9.53 Å². The molecule has 0 amide bonds. The number of rotatable bonds is 7. The number of ether oxygens (including phenoxy) is 1. The maximum absolute atomic E-state index is 11.5. The Kier molecular flexibility index (Phi) is 8.94. The van der Waals surface area contributed by atoms with Gasteiger partial charge in [0.05, 0.1) is 6.61 Å². The second-order valence-corrected chi connectivity index (χ2v) is 5.65. The Balaban J connectivity index is 4.78. The molecular weight excluding hydrogens is 248 g/mol. The molecule has 1 atom stereocenters. The molecule has 0 aliphatic rings. The molecule has 0 N–H and O–H groups in total. The Morgan fingerprint density at radius 1 is 1.15 bits per heavy atom. The highest BCUT2D eigenvalue weighted by Crippen LogP contribution is 2.24. The molecule has 0 saturated carbocycles. The molecule has 0 saturated heterocycles. The fraction of sp³-hybridized carbons (Fsp3) is 0.611. The number of carbonyl (C=O) groups excluding carboxylic acids is 1. The van der Waals surface area contributed by atoms with E-state index in [2.05, 4.69) is 40.7 Å². The van der Waals surface area contributed by atoms with Crippen LogP contribution >= 0.6 is 0 Å². The third-order valence-electron chi connectivity index (χ3n) is 3.70. The molecule has 0 bridgehead atoms. The summed E-state index contributed by atoms with van der Waals surface area (Å²) in [6.07, 6.45) is 6.11. The molecule has 114 valence electrons. The van der Waals surface area contributed by atoms with Crippen LogP contribution in [-0.4, -0.2) is 12.6 Å². The van der Waals surface area contributed by atoms with Crippen LogP contribution in [0.5, 0.6) is 0 Å². The lowest BCUT2D eigenvalue weighted by Gasteiger charge is -2.15. The highest BCUT2D eigenvalue weighted by molar-refractivity contribution is 5.83. The smallest absolute Gasteiger partial charge is 0.331 e. The van der Waals surface area contributed by atoms with E-state index in [0.717, 1.165) is 18.4 Å². The Morgan fingerprint density at radius 3 is 2.25 bits per heavy atom. The summed E-state index contributed by atoms with van der Waals surface area (Å²) in [4.78, 5) is 11.5. The third-order valence-corrected chi connectivity index (χ3v) is 3.70. The van der Waals surface area contributed by atoms with Crippen LogP contribution in [0.2, 0.25) is 0 Å². The van der Waals surface area contributed by atoms with Gasteiger partial charge in [-0.05, 0) is 71.4 Å². The molecular formula is C18H30O2. The molecule has 0 aromatic heterocycles. The van der Waals surface area contributed by atoms with Gasteiger partial charge in [-0.25, -0.2) is 4.79 Å². The van der Waals surface area contributed by atoms with Gasteiger partial charge in [0.15, 0.2) is 0 Å². The molecule has 0 aromatic carbocycles. The fourth-order valence-corrected chi connectivity index (χ4v) is 1.99. The largest absolute Gasteiger partial charge is 0.463 e. The Hall–Kier alpha value is -1.31. The van der Waals surface area contributed by atoms with Gasteiger partial charge >= 0.3 is 5.97 Å². The van der Waals surface area contributed by atoms with E-state index in [1.165, 1.54) is 16.7 Å². The summed E-state index contributed by atoms with van der Waals surface area (Å²) in [5.41, 5.74) is 4.91. The number of allylic oxidation sites excluding steroid dienone is 5. The van der Waals surface area contributed by atoms with Crippen molar-refractivity contribution in [3.63, 3.8) is 0 Å². The van der Waals surface area contributed by atoms with Crippen molar-refractivity contribution in [1.29, 1.82) is 0 Å². The van der Waals surface area contributed by atoms with Gasteiger partial charge in [0.25, 0.3) is 0 Å². The number of hydrogen-bond donors (Lipinski definition) is 0. The van der Waals surface area contributed by atoms with Gasteiger partial charge in [-0.1, -0.05) is 24.1 Å². The average Bonchev–Trinajstić information content (AvgIpc) is 2.36. The quantitative estimate of drug-likeness (QED) is 0.276. The molecule has 0 fully saturated rings. The van der Waals surface area contributed by atoms with Crippen molar-refractivity contribution in [2.75, 3.05) is 6.61 Å². The summed E-state index contributed by atoms with van der Waals surface area (Å²) in [6.45, 7) is 15.0. The standard InChI is InChI=1S/C18H30O2/c1-8-20-18(19)12-15(5)17(7)16(6)14(4)11-9-10-13(2)3/h10,12,14H,8-9,11H2,1-7H3. The van der Waals surface area contributed by atoms with E-state index in [-0.39, 0.29) is 5.97 Å². The first kappa shape index (κ1) is 18.7. The minimum absolute atomic E-state index is 0.255. The van der Waals surface area contributed by atoms with Crippen molar-refractivity contribution < 1.29 is 9.53 Å². The van der Waals surface area contributed by atoms with Gasteiger partial charge < -0.3 is 4.74 Å².